The normalized spacial score (nSPS) is 12.1. The minimum absolute atomic E-state index is 0.0946. The molecule has 1 amide bonds. The summed E-state index contributed by atoms with van der Waals surface area (Å²) in [5, 5.41) is 16.4. The topological polar surface area (TPSA) is 93.5 Å². The average molecular weight is 366 g/mol. The molecule has 0 aliphatic heterocycles. The number of nitrogens with zero attached hydrogens (tertiary/aromatic N) is 2. The third-order valence-electron chi connectivity index (χ3n) is 3.81. The summed E-state index contributed by atoms with van der Waals surface area (Å²) in [6.07, 6.45) is 1.44. The van der Waals surface area contributed by atoms with Gasteiger partial charge in [-0.2, -0.15) is 5.10 Å². The summed E-state index contributed by atoms with van der Waals surface area (Å²) in [4.78, 5) is 24.1. The van der Waals surface area contributed by atoms with E-state index >= 15 is 0 Å². The van der Waals surface area contributed by atoms with Gasteiger partial charge in [0.2, 0.25) is 0 Å². The molecule has 1 unspecified atom stereocenters. The van der Waals surface area contributed by atoms with E-state index < -0.39 is 17.9 Å². The van der Waals surface area contributed by atoms with Crippen molar-refractivity contribution in [1.29, 1.82) is 0 Å². The van der Waals surface area contributed by atoms with Crippen LogP contribution in [-0.2, 0) is 4.79 Å². The molecule has 0 radical (unpaired) electrons. The van der Waals surface area contributed by atoms with Crippen LogP contribution in [-0.4, -0.2) is 33.9 Å². The van der Waals surface area contributed by atoms with Gasteiger partial charge in [0, 0.05) is 11.7 Å². The fraction of sp³-hybridized carbons (Fsp3) is 0.353. The Morgan fingerprint density at radius 3 is 2.52 bits per heavy atom. The Morgan fingerprint density at radius 2 is 2.04 bits per heavy atom. The van der Waals surface area contributed by atoms with E-state index in [1.807, 2.05) is 13.8 Å². The lowest BCUT2D eigenvalue weighted by Crippen LogP contribution is -2.34. The minimum Gasteiger partial charge on any atom is -0.495 e. The molecular weight excluding hydrogens is 346 g/mol. The molecule has 0 bridgehead atoms. The number of carboxylic acids is 1. The highest BCUT2D eigenvalue weighted by Gasteiger charge is 2.25. The molecule has 2 rings (SSSR count). The summed E-state index contributed by atoms with van der Waals surface area (Å²) in [6.45, 7) is 5.66. The Hall–Kier alpha value is -2.54. The maximum Gasteiger partial charge on any atom is 0.330 e. The summed E-state index contributed by atoms with van der Waals surface area (Å²) in [7, 11) is 1.46. The van der Waals surface area contributed by atoms with Gasteiger partial charge in [0.1, 0.15) is 5.75 Å². The van der Waals surface area contributed by atoms with Crippen molar-refractivity contribution in [1.82, 2.24) is 15.1 Å². The smallest absolute Gasteiger partial charge is 0.330 e. The van der Waals surface area contributed by atoms with Gasteiger partial charge in [-0.1, -0.05) is 17.7 Å². The Labute approximate surface area is 150 Å². The van der Waals surface area contributed by atoms with E-state index in [0.29, 0.717) is 22.6 Å². The van der Waals surface area contributed by atoms with Crippen LogP contribution in [0.2, 0.25) is 5.02 Å². The molecule has 0 aliphatic carbocycles. The van der Waals surface area contributed by atoms with Crippen molar-refractivity contribution in [3.8, 4) is 5.75 Å². The molecule has 134 valence electrons. The zero-order chi connectivity index (χ0) is 18.7. The highest BCUT2D eigenvalue weighted by Crippen LogP contribution is 2.28. The van der Waals surface area contributed by atoms with Crippen molar-refractivity contribution in [2.45, 2.75) is 32.9 Å². The molecule has 2 aromatic rings. The first-order valence-electron chi connectivity index (χ1n) is 7.67. The van der Waals surface area contributed by atoms with Crippen LogP contribution >= 0.6 is 11.6 Å². The lowest BCUT2D eigenvalue weighted by Gasteiger charge is -2.16. The Bertz CT molecular complexity index is 801. The van der Waals surface area contributed by atoms with Crippen LogP contribution in [0.5, 0.6) is 5.75 Å². The van der Waals surface area contributed by atoms with E-state index in [0.717, 1.165) is 0 Å². The fourth-order valence-electron chi connectivity index (χ4n) is 2.53. The number of hydrogen-bond donors (Lipinski definition) is 2. The van der Waals surface area contributed by atoms with Gasteiger partial charge in [0.25, 0.3) is 5.91 Å². The van der Waals surface area contributed by atoms with E-state index in [9.17, 15) is 14.7 Å². The monoisotopic (exact) mass is 365 g/mol. The number of aliphatic carboxylic acids is 1. The number of hydrogen-bond acceptors (Lipinski definition) is 4. The summed E-state index contributed by atoms with van der Waals surface area (Å²) < 4.78 is 6.76. The molecule has 1 aromatic carbocycles. The maximum atomic E-state index is 12.5. The highest BCUT2D eigenvalue weighted by molar-refractivity contribution is 6.32. The Kier molecular flexibility index (Phi) is 5.69. The largest absolute Gasteiger partial charge is 0.495 e. The van der Waals surface area contributed by atoms with Crippen LogP contribution in [0.3, 0.4) is 0 Å². The number of rotatable bonds is 6. The number of benzene rings is 1. The van der Waals surface area contributed by atoms with Crippen LogP contribution in [0.25, 0.3) is 0 Å². The lowest BCUT2D eigenvalue weighted by molar-refractivity contribution is -0.139. The third-order valence-corrected chi connectivity index (χ3v) is 4.11. The van der Waals surface area contributed by atoms with Gasteiger partial charge in [-0.15, -0.1) is 0 Å². The molecule has 0 fully saturated rings. The molecule has 2 N–H and O–H groups in total. The van der Waals surface area contributed by atoms with Crippen LogP contribution in [0.1, 0.15) is 47.5 Å². The molecular formula is C17H20ClN3O4. The van der Waals surface area contributed by atoms with Crippen LogP contribution < -0.4 is 10.1 Å². The average Bonchev–Trinajstić information content (AvgIpc) is 2.94. The number of aromatic nitrogens is 2. The summed E-state index contributed by atoms with van der Waals surface area (Å²) in [6, 6.07) is 3.43. The quantitative estimate of drug-likeness (QED) is 0.820. The van der Waals surface area contributed by atoms with Crippen molar-refractivity contribution in [2.75, 3.05) is 7.11 Å². The zero-order valence-electron chi connectivity index (χ0n) is 14.4. The molecule has 0 spiro atoms. The van der Waals surface area contributed by atoms with Crippen LogP contribution in [0.4, 0.5) is 0 Å². The highest BCUT2D eigenvalue weighted by atomic mass is 35.5. The molecule has 0 saturated heterocycles. The summed E-state index contributed by atoms with van der Waals surface area (Å²) >= 11 is 6.05. The van der Waals surface area contributed by atoms with E-state index in [4.69, 9.17) is 16.3 Å². The van der Waals surface area contributed by atoms with Crippen molar-refractivity contribution in [3.63, 3.8) is 0 Å². The Balaban J connectivity index is 2.29. The maximum absolute atomic E-state index is 12.5. The minimum atomic E-state index is -1.24. The van der Waals surface area contributed by atoms with E-state index in [-0.39, 0.29) is 11.1 Å². The van der Waals surface area contributed by atoms with Crippen LogP contribution in [0.15, 0.2) is 24.4 Å². The molecule has 25 heavy (non-hydrogen) atoms. The fourth-order valence-corrected chi connectivity index (χ4v) is 2.79. The second-order valence-electron chi connectivity index (χ2n) is 5.82. The molecule has 8 heteroatoms. The van der Waals surface area contributed by atoms with E-state index in [2.05, 4.69) is 10.4 Å². The van der Waals surface area contributed by atoms with Gasteiger partial charge in [0.05, 0.1) is 23.9 Å². The molecule has 0 saturated carbocycles. The second-order valence-corrected chi connectivity index (χ2v) is 6.23. The van der Waals surface area contributed by atoms with Gasteiger partial charge in [0.15, 0.2) is 6.04 Å². The molecule has 1 heterocycles. The van der Waals surface area contributed by atoms with Crippen molar-refractivity contribution >= 4 is 23.5 Å². The molecule has 0 aliphatic rings. The predicted octanol–water partition coefficient (Wildman–Crippen LogP) is 2.99. The molecule has 7 nitrogen and oxygen atoms in total. The summed E-state index contributed by atoms with van der Waals surface area (Å²) in [5.41, 5.74) is 1.35. The Morgan fingerprint density at radius 1 is 1.36 bits per heavy atom. The van der Waals surface area contributed by atoms with Gasteiger partial charge in [-0.05, 0) is 38.5 Å². The summed E-state index contributed by atoms with van der Waals surface area (Å²) in [5.74, 6) is -1.28. The van der Waals surface area contributed by atoms with Crippen LogP contribution in [0, 0.1) is 6.92 Å². The number of amides is 1. The number of carbonyl (C=O) groups excluding carboxylic acids is 1. The number of halogens is 1. The number of methoxy groups -OCH3 is 1. The second kappa shape index (κ2) is 7.57. The zero-order valence-corrected chi connectivity index (χ0v) is 15.2. The van der Waals surface area contributed by atoms with Gasteiger partial charge in [-0.25, -0.2) is 4.79 Å². The number of carboxylic acid groups (broad SMARTS) is 1. The van der Waals surface area contributed by atoms with Gasteiger partial charge >= 0.3 is 5.97 Å². The first-order valence-corrected chi connectivity index (χ1v) is 8.05. The van der Waals surface area contributed by atoms with Gasteiger partial charge in [-0.3, -0.25) is 9.48 Å². The first kappa shape index (κ1) is 18.8. The lowest BCUT2D eigenvalue weighted by atomic mass is 10.1. The first-order chi connectivity index (χ1) is 11.8. The van der Waals surface area contributed by atoms with Crippen molar-refractivity contribution in [3.05, 3.63) is 46.2 Å². The standard InChI is InChI=1S/C17H20ClN3O4/c1-9(2)21-10(3)12(8-19-21)16(22)20-15(17(23)24)11-5-6-14(25-4)13(18)7-11/h5-9,15H,1-4H3,(H,20,22)(H,23,24). The van der Waals surface area contributed by atoms with Crippen molar-refractivity contribution in [2.24, 2.45) is 0 Å². The molecule has 1 aromatic heterocycles. The predicted molar refractivity (Wildman–Crippen MR) is 93.2 cm³/mol. The number of nitrogens with one attached hydrogen (secondary N) is 1. The number of carbonyl (C=O) groups is 2. The number of ether oxygens (including phenoxy) is 1. The van der Waals surface area contributed by atoms with E-state index in [1.54, 1.807) is 23.7 Å². The molecule has 1 atom stereocenters. The SMILES string of the molecule is COc1ccc(C(NC(=O)c2cnn(C(C)C)c2C)C(=O)O)cc1Cl. The third kappa shape index (κ3) is 3.93. The van der Waals surface area contributed by atoms with Crippen molar-refractivity contribution < 1.29 is 19.4 Å². The van der Waals surface area contributed by atoms with Gasteiger partial charge < -0.3 is 15.2 Å². The van der Waals surface area contributed by atoms with E-state index in [1.165, 1.54) is 19.4 Å².